The Morgan fingerprint density at radius 3 is 2.04 bits per heavy atom. The maximum Gasteiger partial charge on any atom is 0.135 e. The van der Waals surface area contributed by atoms with E-state index in [1.165, 1.54) is 51.4 Å². The van der Waals surface area contributed by atoms with Crippen molar-refractivity contribution in [2.24, 2.45) is 41.4 Å². The molecule has 0 amide bonds. The van der Waals surface area contributed by atoms with Crippen molar-refractivity contribution in [3.05, 3.63) is 0 Å². The van der Waals surface area contributed by atoms with Crippen LogP contribution in [0.2, 0.25) is 0 Å². The van der Waals surface area contributed by atoms with Gasteiger partial charge in [0.15, 0.2) is 0 Å². The van der Waals surface area contributed by atoms with Crippen molar-refractivity contribution in [1.29, 1.82) is 0 Å². The summed E-state index contributed by atoms with van der Waals surface area (Å²) < 4.78 is 0. The molecule has 4 fully saturated rings. The van der Waals surface area contributed by atoms with Gasteiger partial charge in [-0.3, -0.25) is 4.79 Å². The fourth-order valence-corrected chi connectivity index (χ4v) is 6.48. The first kappa shape index (κ1) is 20.9. The Morgan fingerprint density at radius 2 is 1.40 bits per heavy atom. The summed E-state index contributed by atoms with van der Waals surface area (Å²) in [6.07, 6.45) is 12.4. The van der Waals surface area contributed by atoms with Crippen molar-refractivity contribution < 1.29 is 9.90 Å². The molecule has 0 bridgehead atoms. The van der Waals surface area contributed by atoms with Crippen LogP contribution in [0.1, 0.15) is 92.4 Å². The molecule has 4 aliphatic carbocycles. The van der Waals surface area contributed by atoms with Crippen LogP contribution in [0.25, 0.3) is 0 Å². The molecule has 146 valence electrons. The number of rotatable bonds is 0. The topological polar surface area (TPSA) is 37.3 Å². The van der Waals surface area contributed by atoms with E-state index >= 15 is 0 Å². The van der Waals surface area contributed by atoms with E-state index < -0.39 is 0 Å². The highest BCUT2D eigenvalue weighted by Gasteiger charge is 2.50. The minimum Gasteiger partial charge on any atom is -0.394 e. The smallest absolute Gasteiger partial charge is 0.135 e. The molecule has 2 heteroatoms. The van der Waals surface area contributed by atoms with E-state index in [4.69, 9.17) is 5.11 Å². The molecule has 7 unspecified atom stereocenters. The molecular formula is C23H42O2. The standard InChI is InChI=1S/C18H28O.C3H8O.C2H6/c1-11-9-17-13(10-18(11)19)6-8-15-14-4-2-3-12(14)5-7-16(15)17;1-3(2)4;1-2/h11-17H,2-10H2,1H3;3-4H,1-2H3;1-2H3. The summed E-state index contributed by atoms with van der Waals surface area (Å²) in [5.41, 5.74) is 0. The summed E-state index contributed by atoms with van der Waals surface area (Å²) in [6.45, 7) is 9.63. The zero-order valence-corrected chi connectivity index (χ0v) is 17.3. The summed E-state index contributed by atoms with van der Waals surface area (Å²) in [6, 6.07) is 0. The van der Waals surface area contributed by atoms with Crippen molar-refractivity contribution >= 4 is 5.78 Å². The van der Waals surface area contributed by atoms with Crippen LogP contribution < -0.4 is 0 Å². The molecule has 0 saturated heterocycles. The van der Waals surface area contributed by atoms with E-state index in [0.29, 0.717) is 11.7 Å². The molecule has 0 aromatic heterocycles. The van der Waals surface area contributed by atoms with Gasteiger partial charge in [-0.05, 0) is 87.9 Å². The van der Waals surface area contributed by atoms with Gasteiger partial charge in [-0.25, -0.2) is 0 Å². The molecule has 0 spiro atoms. The fraction of sp³-hybridized carbons (Fsp3) is 0.957. The number of fused-ring (bicyclic) bond motifs is 5. The number of Topliss-reactive ketones (excluding diaryl/α,β-unsaturated/α-hetero) is 1. The lowest BCUT2D eigenvalue weighted by Gasteiger charge is -2.52. The van der Waals surface area contributed by atoms with Crippen LogP contribution in [0.4, 0.5) is 0 Å². The van der Waals surface area contributed by atoms with Crippen LogP contribution in [0.5, 0.6) is 0 Å². The van der Waals surface area contributed by atoms with Gasteiger partial charge in [0, 0.05) is 18.4 Å². The average Bonchev–Trinajstić information content (AvgIpc) is 3.06. The predicted octanol–water partition coefficient (Wildman–Crippen LogP) is 5.87. The highest BCUT2D eigenvalue weighted by atomic mass is 16.3. The number of carbonyl (C=O) groups is 1. The Bertz CT molecular complexity index is 414. The third-order valence-corrected chi connectivity index (χ3v) is 7.35. The van der Waals surface area contributed by atoms with E-state index in [1.54, 1.807) is 13.8 Å². The second-order valence-electron chi connectivity index (χ2n) is 9.16. The second-order valence-corrected chi connectivity index (χ2v) is 9.16. The Balaban J connectivity index is 0.000000334. The molecule has 4 aliphatic rings. The molecule has 7 atom stereocenters. The fourth-order valence-electron chi connectivity index (χ4n) is 6.48. The van der Waals surface area contributed by atoms with Gasteiger partial charge < -0.3 is 5.11 Å². The van der Waals surface area contributed by atoms with Crippen LogP contribution in [0.3, 0.4) is 0 Å². The summed E-state index contributed by atoms with van der Waals surface area (Å²) in [5.74, 6) is 6.80. The molecule has 0 aliphatic heterocycles. The molecule has 25 heavy (non-hydrogen) atoms. The zero-order valence-electron chi connectivity index (χ0n) is 17.3. The third kappa shape index (κ3) is 4.87. The number of carbonyl (C=O) groups excluding carboxylic acids is 1. The summed E-state index contributed by atoms with van der Waals surface area (Å²) >= 11 is 0. The van der Waals surface area contributed by atoms with E-state index in [2.05, 4.69) is 6.92 Å². The first-order valence-corrected chi connectivity index (χ1v) is 11.2. The van der Waals surface area contributed by atoms with Crippen LogP contribution in [0, 0.1) is 41.4 Å². The van der Waals surface area contributed by atoms with Crippen molar-refractivity contribution in [2.75, 3.05) is 0 Å². The maximum atomic E-state index is 12.0. The van der Waals surface area contributed by atoms with E-state index in [1.807, 2.05) is 13.8 Å². The van der Waals surface area contributed by atoms with Crippen LogP contribution >= 0.6 is 0 Å². The van der Waals surface area contributed by atoms with Crippen LogP contribution in [-0.2, 0) is 4.79 Å². The van der Waals surface area contributed by atoms with Crippen LogP contribution in [-0.4, -0.2) is 17.0 Å². The number of aliphatic hydroxyl groups is 1. The minimum absolute atomic E-state index is 0.167. The van der Waals surface area contributed by atoms with E-state index in [9.17, 15) is 4.79 Å². The summed E-state index contributed by atoms with van der Waals surface area (Å²) in [4.78, 5) is 12.0. The normalized spacial score (nSPS) is 42.2. The third-order valence-electron chi connectivity index (χ3n) is 7.35. The average molecular weight is 351 g/mol. The van der Waals surface area contributed by atoms with E-state index in [0.717, 1.165) is 41.9 Å². The van der Waals surface area contributed by atoms with Crippen molar-refractivity contribution in [3.63, 3.8) is 0 Å². The van der Waals surface area contributed by atoms with Gasteiger partial charge in [-0.2, -0.15) is 0 Å². The Kier molecular flexibility index (Phi) is 7.98. The molecule has 0 radical (unpaired) electrons. The Labute approximate surface area is 156 Å². The molecule has 4 saturated carbocycles. The molecule has 0 aromatic carbocycles. The maximum absolute atomic E-state index is 12.0. The molecular weight excluding hydrogens is 308 g/mol. The first-order valence-electron chi connectivity index (χ1n) is 11.2. The lowest BCUT2D eigenvalue weighted by molar-refractivity contribution is -0.131. The molecule has 1 N–H and O–H groups in total. The van der Waals surface area contributed by atoms with Crippen molar-refractivity contribution in [1.82, 2.24) is 0 Å². The summed E-state index contributed by atoms with van der Waals surface area (Å²) in [7, 11) is 0. The van der Waals surface area contributed by atoms with Crippen LogP contribution in [0.15, 0.2) is 0 Å². The Morgan fingerprint density at radius 1 is 0.840 bits per heavy atom. The van der Waals surface area contributed by atoms with Gasteiger partial charge in [0.05, 0.1) is 0 Å². The van der Waals surface area contributed by atoms with Crippen molar-refractivity contribution in [2.45, 2.75) is 98.5 Å². The van der Waals surface area contributed by atoms with E-state index in [-0.39, 0.29) is 6.10 Å². The molecule has 0 heterocycles. The van der Waals surface area contributed by atoms with Gasteiger partial charge in [-0.15, -0.1) is 0 Å². The number of aliphatic hydroxyl groups excluding tert-OH is 1. The highest BCUT2D eigenvalue weighted by molar-refractivity contribution is 5.81. The lowest BCUT2D eigenvalue weighted by Crippen LogP contribution is -2.46. The minimum atomic E-state index is -0.167. The molecule has 4 rings (SSSR count). The number of ketones is 1. The quantitative estimate of drug-likeness (QED) is 0.593. The molecule has 0 aromatic rings. The molecule has 2 nitrogen and oxygen atoms in total. The Hall–Kier alpha value is -0.370. The highest BCUT2D eigenvalue weighted by Crippen LogP contribution is 2.57. The largest absolute Gasteiger partial charge is 0.394 e. The summed E-state index contributed by atoms with van der Waals surface area (Å²) in [5, 5.41) is 8.06. The lowest BCUT2D eigenvalue weighted by atomic mass is 9.53. The van der Waals surface area contributed by atoms with Gasteiger partial charge in [0.25, 0.3) is 0 Å². The van der Waals surface area contributed by atoms with Crippen molar-refractivity contribution in [3.8, 4) is 0 Å². The van der Waals surface area contributed by atoms with Gasteiger partial charge in [0.2, 0.25) is 0 Å². The number of hydrogen-bond donors (Lipinski definition) is 1. The van der Waals surface area contributed by atoms with Gasteiger partial charge >= 0.3 is 0 Å². The number of hydrogen-bond acceptors (Lipinski definition) is 2. The zero-order chi connectivity index (χ0) is 18.6. The van der Waals surface area contributed by atoms with Gasteiger partial charge in [0.1, 0.15) is 5.78 Å². The monoisotopic (exact) mass is 350 g/mol. The van der Waals surface area contributed by atoms with Gasteiger partial charge in [-0.1, -0.05) is 33.6 Å². The SMILES string of the molecule is CC.CC(C)O.CC1CC2C(CCC3C4CCCC4CCC23)CC1=O. The first-order chi connectivity index (χ1) is 12.0. The second kappa shape index (κ2) is 9.53. The predicted molar refractivity (Wildman–Crippen MR) is 105 cm³/mol.